The quantitative estimate of drug-likeness (QED) is 0.795. The molecule has 0 spiro atoms. The van der Waals surface area contributed by atoms with E-state index < -0.39 is 5.60 Å². The van der Waals surface area contributed by atoms with Crippen LogP contribution in [0, 0.1) is 0 Å². The van der Waals surface area contributed by atoms with Crippen molar-refractivity contribution in [2.24, 2.45) is 0 Å². The molecule has 128 valence electrons. The first-order valence-corrected chi connectivity index (χ1v) is 8.08. The van der Waals surface area contributed by atoms with Crippen LogP contribution >= 0.6 is 17.0 Å². The lowest BCUT2D eigenvalue weighted by Gasteiger charge is -2.37. The zero-order valence-corrected chi connectivity index (χ0v) is 15.3. The average Bonchev–Trinajstić information content (AvgIpc) is 2.59. The smallest absolute Gasteiger partial charge is 0.184 e. The van der Waals surface area contributed by atoms with Crippen LogP contribution in [0.4, 0.5) is 0 Å². The van der Waals surface area contributed by atoms with Gasteiger partial charge in [0.05, 0.1) is 5.60 Å². The molecule has 1 saturated heterocycles. The summed E-state index contributed by atoms with van der Waals surface area (Å²) in [6.45, 7) is 2.51. The Kier molecular flexibility index (Phi) is 6.66. The largest absolute Gasteiger partial charge is 0.389 e. The number of carbonyl (C=O) groups is 1. The monoisotopic (exact) mass is 390 g/mol. The van der Waals surface area contributed by atoms with Crippen molar-refractivity contribution in [1.82, 2.24) is 9.88 Å². The van der Waals surface area contributed by atoms with Crippen LogP contribution in [0.2, 0.25) is 0 Å². The van der Waals surface area contributed by atoms with E-state index in [4.69, 9.17) is 0 Å². The fourth-order valence-corrected chi connectivity index (χ4v) is 3.06. The number of pyridine rings is 1. The lowest BCUT2D eigenvalue weighted by Crippen LogP contribution is -2.45. The highest BCUT2D eigenvalue weighted by molar-refractivity contribution is 8.93. The Labute approximate surface area is 153 Å². The van der Waals surface area contributed by atoms with E-state index in [-0.39, 0.29) is 29.2 Å². The fraction of sp³-hybridized carbons (Fsp3) is 0.368. The summed E-state index contributed by atoms with van der Waals surface area (Å²) in [6, 6.07) is 15.6. The molecule has 24 heavy (non-hydrogen) atoms. The minimum absolute atomic E-state index is 0. The highest BCUT2D eigenvalue weighted by atomic mass is 79.9. The molecule has 1 aliphatic heterocycles. The van der Waals surface area contributed by atoms with Crippen LogP contribution in [0.25, 0.3) is 0 Å². The maximum atomic E-state index is 12.3. The average molecular weight is 391 g/mol. The molecule has 2 aromatic rings. The van der Waals surface area contributed by atoms with Crippen LogP contribution in [-0.2, 0) is 6.54 Å². The van der Waals surface area contributed by atoms with Gasteiger partial charge in [0.2, 0.25) is 0 Å². The number of likely N-dealkylation sites (tertiary alicyclic amines) is 1. The van der Waals surface area contributed by atoms with Gasteiger partial charge in [-0.3, -0.25) is 14.7 Å². The fourth-order valence-electron chi connectivity index (χ4n) is 3.06. The third-order valence-electron chi connectivity index (χ3n) is 4.48. The molecule has 0 aliphatic carbocycles. The van der Waals surface area contributed by atoms with Crippen LogP contribution in [0.5, 0.6) is 0 Å². The minimum atomic E-state index is -0.901. The number of aromatic nitrogens is 1. The SMILES string of the molecule is Br.O=C(CC1(O)CCN(Cc2ccccc2)CC1)c1ccccn1. The molecule has 0 saturated carbocycles. The van der Waals surface area contributed by atoms with Crippen molar-refractivity contribution < 1.29 is 9.90 Å². The van der Waals surface area contributed by atoms with E-state index in [1.54, 1.807) is 24.4 Å². The Morgan fingerprint density at radius 1 is 1.08 bits per heavy atom. The molecule has 2 heterocycles. The van der Waals surface area contributed by atoms with Crippen LogP contribution < -0.4 is 0 Å². The Hall–Kier alpha value is -1.56. The molecule has 1 fully saturated rings. The van der Waals surface area contributed by atoms with E-state index in [9.17, 15) is 9.90 Å². The van der Waals surface area contributed by atoms with E-state index in [1.165, 1.54) is 5.56 Å². The first kappa shape index (κ1) is 18.8. The number of hydrogen-bond donors (Lipinski definition) is 1. The third-order valence-corrected chi connectivity index (χ3v) is 4.48. The van der Waals surface area contributed by atoms with Gasteiger partial charge in [-0.15, -0.1) is 17.0 Å². The summed E-state index contributed by atoms with van der Waals surface area (Å²) in [5.41, 5.74) is 0.817. The van der Waals surface area contributed by atoms with E-state index in [2.05, 4.69) is 22.0 Å². The predicted molar refractivity (Wildman–Crippen MR) is 99.4 cm³/mol. The number of piperidine rings is 1. The Bertz CT molecular complexity index is 641. The standard InChI is InChI=1S/C19H22N2O2.BrH/c22-18(17-8-4-5-11-20-17)14-19(23)9-12-21(13-10-19)15-16-6-2-1-3-7-16;/h1-8,11,23H,9-10,12-15H2;1H. The lowest BCUT2D eigenvalue weighted by atomic mass is 9.86. The second kappa shape index (κ2) is 8.51. The number of aliphatic hydroxyl groups is 1. The van der Waals surface area contributed by atoms with Crippen molar-refractivity contribution in [2.45, 2.75) is 31.4 Å². The molecule has 0 radical (unpaired) electrons. The molecule has 0 atom stereocenters. The molecule has 0 amide bonds. The summed E-state index contributed by atoms with van der Waals surface area (Å²) in [4.78, 5) is 18.7. The van der Waals surface area contributed by atoms with Gasteiger partial charge in [0.25, 0.3) is 0 Å². The van der Waals surface area contributed by atoms with Gasteiger partial charge < -0.3 is 5.11 Å². The van der Waals surface area contributed by atoms with Gasteiger partial charge in [0.1, 0.15) is 5.69 Å². The Balaban J connectivity index is 0.00000208. The molecule has 1 aliphatic rings. The van der Waals surface area contributed by atoms with Gasteiger partial charge in [-0.25, -0.2) is 0 Å². The number of hydrogen-bond acceptors (Lipinski definition) is 4. The van der Waals surface area contributed by atoms with Crippen molar-refractivity contribution in [3.63, 3.8) is 0 Å². The number of nitrogens with zero attached hydrogens (tertiary/aromatic N) is 2. The molecule has 4 nitrogen and oxygen atoms in total. The second-order valence-corrected chi connectivity index (χ2v) is 6.30. The molecule has 3 rings (SSSR count). The molecule has 0 unspecified atom stereocenters. The molecule has 1 aromatic heterocycles. The molecular weight excluding hydrogens is 368 g/mol. The van der Waals surface area contributed by atoms with E-state index >= 15 is 0 Å². The van der Waals surface area contributed by atoms with Gasteiger partial charge in [0.15, 0.2) is 5.78 Å². The highest BCUT2D eigenvalue weighted by Gasteiger charge is 2.34. The van der Waals surface area contributed by atoms with Gasteiger partial charge >= 0.3 is 0 Å². The van der Waals surface area contributed by atoms with Crippen molar-refractivity contribution in [1.29, 1.82) is 0 Å². The van der Waals surface area contributed by atoms with Crippen LogP contribution in [0.1, 0.15) is 35.3 Å². The molecule has 5 heteroatoms. The molecule has 1 aromatic carbocycles. The summed E-state index contributed by atoms with van der Waals surface area (Å²) in [5.74, 6) is -0.0791. The summed E-state index contributed by atoms with van der Waals surface area (Å²) < 4.78 is 0. The second-order valence-electron chi connectivity index (χ2n) is 6.30. The van der Waals surface area contributed by atoms with Crippen LogP contribution in [0.15, 0.2) is 54.7 Å². The number of rotatable bonds is 5. The van der Waals surface area contributed by atoms with Crippen molar-refractivity contribution in [3.05, 3.63) is 66.0 Å². The summed E-state index contributed by atoms with van der Waals surface area (Å²) in [7, 11) is 0. The van der Waals surface area contributed by atoms with E-state index in [1.807, 2.05) is 18.2 Å². The summed E-state index contributed by atoms with van der Waals surface area (Å²) >= 11 is 0. The predicted octanol–water partition coefficient (Wildman–Crippen LogP) is 3.26. The minimum Gasteiger partial charge on any atom is -0.389 e. The molecule has 0 bridgehead atoms. The molecule has 1 N–H and O–H groups in total. The maximum Gasteiger partial charge on any atom is 0.184 e. The van der Waals surface area contributed by atoms with E-state index in [0.29, 0.717) is 18.5 Å². The number of Topliss-reactive ketones (excluding diaryl/α,β-unsaturated/α-hetero) is 1. The topological polar surface area (TPSA) is 53.4 Å². The van der Waals surface area contributed by atoms with Gasteiger partial charge in [-0.05, 0) is 30.5 Å². The first-order chi connectivity index (χ1) is 11.1. The Morgan fingerprint density at radius 3 is 2.38 bits per heavy atom. The van der Waals surface area contributed by atoms with Crippen LogP contribution in [0.3, 0.4) is 0 Å². The lowest BCUT2D eigenvalue weighted by molar-refractivity contribution is -0.0242. The number of carbonyl (C=O) groups excluding carboxylic acids is 1. The maximum absolute atomic E-state index is 12.3. The zero-order valence-electron chi connectivity index (χ0n) is 13.6. The molecular formula is C19H23BrN2O2. The van der Waals surface area contributed by atoms with Crippen molar-refractivity contribution in [3.8, 4) is 0 Å². The normalized spacial score (nSPS) is 17.0. The van der Waals surface area contributed by atoms with Gasteiger partial charge in [-0.1, -0.05) is 36.4 Å². The summed E-state index contributed by atoms with van der Waals surface area (Å²) in [6.07, 6.45) is 3.01. The number of benzene rings is 1. The first-order valence-electron chi connectivity index (χ1n) is 8.08. The Morgan fingerprint density at radius 2 is 1.75 bits per heavy atom. The highest BCUT2D eigenvalue weighted by Crippen LogP contribution is 2.27. The number of ketones is 1. The van der Waals surface area contributed by atoms with Gasteiger partial charge in [-0.2, -0.15) is 0 Å². The van der Waals surface area contributed by atoms with Gasteiger partial charge in [0, 0.05) is 32.3 Å². The van der Waals surface area contributed by atoms with E-state index in [0.717, 1.165) is 19.6 Å². The number of halogens is 1. The zero-order chi connectivity index (χ0) is 16.1. The third kappa shape index (κ3) is 4.97. The van der Waals surface area contributed by atoms with Crippen molar-refractivity contribution >= 4 is 22.8 Å². The van der Waals surface area contributed by atoms with Crippen LogP contribution in [-0.4, -0.2) is 39.5 Å². The summed E-state index contributed by atoms with van der Waals surface area (Å²) in [5, 5.41) is 10.7. The van der Waals surface area contributed by atoms with Crippen molar-refractivity contribution in [2.75, 3.05) is 13.1 Å².